The summed E-state index contributed by atoms with van der Waals surface area (Å²) in [7, 11) is 4.05. The Balaban J connectivity index is 2.18. The first-order valence-corrected chi connectivity index (χ1v) is 9.08. The summed E-state index contributed by atoms with van der Waals surface area (Å²) in [5.74, 6) is 1.34. The molecular weight excluding hydrogens is 308 g/mol. The van der Waals surface area contributed by atoms with Crippen LogP contribution in [0.15, 0.2) is 30.4 Å². The molecule has 23 heavy (non-hydrogen) atoms. The van der Waals surface area contributed by atoms with E-state index in [1.165, 1.54) is 5.19 Å². The van der Waals surface area contributed by atoms with Crippen LogP contribution < -0.4 is 14.7 Å². The van der Waals surface area contributed by atoms with E-state index in [0.29, 0.717) is 21.7 Å². The minimum Gasteiger partial charge on any atom is -0.493 e. The van der Waals surface area contributed by atoms with Crippen molar-refractivity contribution in [2.24, 2.45) is 0 Å². The summed E-state index contributed by atoms with van der Waals surface area (Å²) in [4.78, 5) is 11.2. The second-order valence-corrected chi connectivity index (χ2v) is 6.69. The summed E-state index contributed by atoms with van der Waals surface area (Å²) in [6.45, 7) is 5.70. The summed E-state index contributed by atoms with van der Waals surface area (Å²) in [5.41, 5.74) is 0.457. The Kier molecular flexibility index (Phi) is 9.13. The Bertz CT molecular complexity index is 514. The third kappa shape index (κ3) is 6.90. The topological polar surface area (TPSA) is 44.8 Å². The molecule has 4 nitrogen and oxygen atoms in total. The van der Waals surface area contributed by atoms with Crippen molar-refractivity contribution in [2.75, 3.05) is 20.8 Å². The highest BCUT2D eigenvalue weighted by molar-refractivity contribution is 6.54. The standard InChI is InChI=1S/C18H26O4Si/c1-14(2)18(19)22-12-7-5-6-8-13-23-16-11-9-10-15(20-3)17(16)21-4/h9-11H,1,5-8,12-13H2,2-4H3. The van der Waals surface area contributed by atoms with Crippen LogP contribution in [0.3, 0.4) is 0 Å². The zero-order chi connectivity index (χ0) is 17.1. The number of methoxy groups -OCH3 is 2. The highest BCUT2D eigenvalue weighted by atomic mass is 28.2. The molecule has 0 N–H and O–H groups in total. The normalized spacial score (nSPS) is 10.2. The van der Waals surface area contributed by atoms with Crippen LogP contribution in [0.25, 0.3) is 0 Å². The Morgan fingerprint density at radius 3 is 2.52 bits per heavy atom. The number of unbranched alkanes of at least 4 members (excludes halogenated alkanes) is 3. The van der Waals surface area contributed by atoms with Gasteiger partial charge in [0.1, 0.15) is 0 Å². The maximum atomic E-state index is 11.2. The molecule has 0 aliphatic carbocycles. The maximum Gasteiger partial charge on any atom is 0.333 e. The summed E-state index contributed by atoms with van der Waals surface area (Å²) < 4.78 is 15.8. The molecule has 0 unspecified atom stereocenters. The largest absolute Gasteiger partial charge is 0.493 e. The van der Waals surface area contributed by atoms with Gasteiger partial charge in [-0.3, -0.25) is 0 Å². The molecule has 1 rings (SSSR count). The van der Waals surface area contributed by atoms with E-state index in [4.69, 9.17) is 14.2 Å². The summed E-state index contributed by atoms with van der Waals surface area (Å²) >= 11 is 0. The second kappa shape index (κ2) is 10.9. The minimum absolute atomic E-state index is 0.295. The Morgan fingerprint density at radius 1 is 1.13 bits per heavy atom. The molecule has 5 heteroatoms. The van der Waals surface area contributed by atoms with Crippen molar-refractivity contribution in [2.45, 2.75) is 38.7 Å². The van der Waals surface area contributed by atoms with Gasteiger partial charge in [-0.2, -0.15) is 0 Å². The number of para-hydroxylation sites is 1. The zero-order valence-corrected chi connectivity index (χ0v) is 15.3. The van der Waals surface area contributed by atoms with Crippen molar-refractivity contribution in [1.82, 2.24) is 0 Å². The van der Waals surface area contributed by atoms with E-state index in [1.54, 1.807) is 21.1 Å². The first kappa shape index (κ1) is 19.3. The van der Waals surface area contributed by atoms with Crippen LogP contribution in [0.4, 0.5) is 0 Å². The molecule has 0 aliphatic heterocycles. The summed E-state index contributed by atoms with van der Waals surface area (Å²) in [6, 6.07) is 7.14. The van der Waals surface area contributed by atoms with Gasteiger partial charge in [0.15, 0.2) is 11.5 Å². The van der Waals surface area contributed by atoms with Crippen LogP contribution in [-0.4, -0.2) is 36.3 Å². The van der Waals surface area contributed by atoms with E-state index in [1.807, 2.05) is 12.1 Å². The second-order valence-electron chi connectivity index (χ2n) is 5.30. The average Bonchev–Trinajstić information content (AvgIpc) is 2.56. The predicted octanol–water partition coefficient (Wildman–Crippen LogP) is 3.13. The zero-order valence-electron chi connectivity index (χ0n) is 14.3. The van der Waals surface area contributed by atoms with Gasteiger partial charge in [-0.1, -0.05) is 44.0 Å². The molecule has 2 radical (unpaired) electrons. The van der Waals surface area contributed by atoms with Crippen molar-refractivity contribution in [3.63, 3.8) is 0 Å². The molecular formula is C18H26O4Si. The molecule has 0 heterocycles. The lowest BCUT2D eigenvalue weighted by Gasteiger charge is -2.12. The van der Waals surface area contributed by atoms with Crippen LogP contribution in [-0.2, 0) is 9.53 Å². The van der Waals surface area contributed by atoms with E-state index in [0.717, 1.165) is 43.2 Å². The molecule has 1 aromatic carbocycles. The average molecular weight is 334 g/mol. The van der Waals surface area contributed by atoms with Crippen LogP contribution >= 0.6 is 0 Å². The van der Waals surface area contributed by atoms with Gasteiger partial charge in [0.2, 0.25) is 0 Å². The van der Waals surface area contributed by atoms with Crippen LogP contribution in [0.5, 0.6) is 11.5 Å². The first-order valence-electron chi connectivity index (χ1n) is 7.87. The Labute approximate surface area is 141 Å². The quantitative estimate of drug-likeness (QED) is 0.270. The number of hydrogen-bond acceptors (Lipinski definition) is 4. The van der Waals surface area contributed by atoms with Crippen molar-refractivity contribution in [3.05, 3.63) is 30.4 Å². The van der Waals surface area contributed by atoms with Crippen molar-refractivity contribution < 1.29 is 19.0 Å². The molecule has 0 amide bonds. The van der Waals surface area contributed by atoms with E-state index < -0.39 is 0 Å². The molecule has 0 atom stereocenters. The lowest BCUT2D eigenvalue weighted by molar-refractivity contribution is -0.139. The van der Waals surface area contributed by atoms with Gasteiger partial charge < -0.3 is 14.2 Å². The number of ether oxygens (including phenoxy) is 3. The van der Waals surface area contributed by atoms with Crippen molar-refractivity contribution >= 4 is 20.7 Å². The number of esters is 1. The van der Waals surface area contributed by atoms with Crippen LogP contribution in [0, 0.1) is 0 Å². The van der Waals surface area contributed by atoms with Gasteiger partial charge in [-0.05, 0) is 24.6 Å². The van der Waals surface area contributed by atoms with Crippen molar-refractivity contribution in [3.8, 4) is 11.5 Å². The summed E-state index contributed by atoms with van der Waals surface area (Å²) in [6.07, 6.45) is 4.28. The van der Waals surface area contributed by atoms with Crippen LogP contribution in [0.2, 0.25) is 6.04 Å². The van der Waals surface area contributed by atoms with Gasteiger partial charge in [0.25, 0.3) is 0 Å². The molecule has 126 valence electrons. The van der Waals surface area contributed by atoms with Gasteiger partial charge >= 0.3 is 5.97 Å². The Hall–Kier alpha value is -1.75. The fourth-order valence-electron chi connectivity index (χ4n) is 2.12. The molecule has 0 aliphatic rings. The number of rotatable bonds is 11. The lowest BCUT2D eigenvalue weighted by atomic mass is 10.2. The smallest absolute Gasteiger partial charge is 0.333 e. The monoisotopic (exact) mass is 334 g/mol. The van der Waals surface area contributed by atoms with Gasteiger partial charge in [-0.25, -0.2) is 4.79 Å². The number of carbonyl (C=O) groups excluding carboxylic acids is 1. The molecule has 0 saturated heterocycles. The fraction of sp³-hybridized carbons (Fsp3) is 0.500. The molecule has 0 spiro atoms. The SMILES string of the molecule is C=C(C)C(=O)OCCCCCC[Si]c1cccc(OC)c1OC. The van der Waals surface area contributed by atoms with Gasteiger partial charge in [0.05, 0.1) is 30.3 Å². The first-order chi connectivity index (χ1) is 11.1. The van der Waals surface area contributed by atoms with Crippen LogP contribution in [0.1, 0.15) is 32.6 Å². The highest BCUT2D eigenvalue weighted by Crippen LogP contribution is 2.23. The number of benzene rings is 1. The molecule has 1 aromatic rings. The van der Waals surface area contributed by atoms with E-state index >= 15 is 0 Å². The maximum absolute atomic E-state index is 11.2. The molecule has 0 fully saturated rings. The minimum atomic E-state index is -0.295. The molecule has 0 saturated carbocycles. The van der Waals surface area contributed by atoms with Gasteiger partial charge in [-0.15, -0.1) is 0 Å². The van der Waals surface area contributed by atoms with Gasteiger partial charge in [0, 0.05) is 5.57 Å². The van der Waals surface area contributed by atoms with Crippen molar-refractivity contribution in [1.29, 1.82) is 0 Å². The highest BCUT2D eigenvalue weighted by Gasteiger charge is 2.09. The fourth-order valence-corrected chi connectivity index (χ4v) is 3.41. The van der Waals surface area contributed by atoms with E-state index in [9.17, 15) is 4.79 Å². The third-order valence-corrected chi connectivity index (χ3v) is 4.75. The summed E-state index contributed by atoms with van der Waals surface area (Å²) in [5, 5.41) is 1.21. The molecule has 0 aromatic heterocycles. The van der Waals surface area contributed by atoms with E-state index in [2.05, 4.69) is 12.6 Å². The lowest BCUT2D eigenvalue weighted by Crippen LogP contribution is -2.17. The Morgan fingerprint density at radius 2 is 1.87 bits per heavy atom. The number of carbonyl (C=O) groups is 1. The predicted molar refractivity (Wildman–Crippen MR) is 94.0 cm³/mol. The third-order valence-electron chi connectivity index (χ3n) is 3.37. The molecule has 0 bridgehead atoms. The number of hydrogen-bond donors (Lipinski definition) is 0. The van der Waals surface area contributed by atoms with E-state index in [-0.39, 0.29) is 5.97 Å².